The second kappa shape index (κ2) is 7.14. The predicted molar refractivity (Wildman–Crippen MR) is 66.4 cm³/mol. The molecule has 0 atom stereocenters. The van der Waals surface area contributed by atoms with Gasteiger partial charge < -0.3 is 15.2 Å². The Kier molecular flexibility index (Phi) is 5.80. The minimum atomic E-state index is -0.203. The van der Waals surface area contributed by atoms with E-state index in [1.165, 1.54) is 0 Å². The zero-order chi connectivity index (χ0) is 12.7. The SMILES string of the molecule is Cc1cc(OCC(=O)NCCCO)ccc1Cl. The predicted octanol–water partition coefficient (Wildman–Crippen LogP) is 1.53. The lowest BCUT2D eigenvalue weighted by atomic mass is 10.2. The van der Waals surface area contributed by atoms with Crippen molar-refractivity contribution < 1.29 is 14.6 Å². The van der Waals surface area contributed by atoms with E-state index in [2.05, 4.69) is 5.32 Å². The van der Waals surface area contributed by atoms with Crippen LogP contribution in [-0.4, -0.2) is 30.8 Å². The van der Waals surface area contributed by atoms with E-state index in [1.807, 2.05) is 6.92 Å². The molecule has 0 radical (unpaired) electrons. The fraction of sp³-hybridized carbons (Fsp3) is 0.417. The van der Waals surface area contributed by atoms with Crippen LogP contribution in [-0.2, 0) is 4.79 Å². The van der Waals surface area contributed by atoms with Crippen molar-refractivity contribution >= 4 is 17.5 Å². The summed E-state index contributed by atoms with van der Waals surface area (Å²) in [7, 11) is 0. The van der Waals surface area contributed by atoms with Gasteiger partial charge in [-0.05, 0) is 37.1 Å². The van der Waals surface area contributed by atoms with Crippen molar-refractivity contribution in [2.24, 2.45) is 0 Å². The standard InChI is InChI=1S/C12H16ClNO3/c1-9-7-10(3-4-11(9)13)17-8-12(16)14-5-2-6-15/h3-4,7,15H,2,5-6,8H2,1H3,(H,14,16). The van der Waals surface area contributed by atoms with E-state index in [0.29, 0.717) is 23.7 Å². The number of rotatable bonds is 6. The average molecular weight is 258 g/mol. The lowest BCUT2D eigenvalue weighted by Crippen LogP contribution is -2.30. The molecule has 0 aliphatic heterocycles. The Hall–Kier alpha value is -1.26. The molecule has 0 bridgehead atoms. The Labute approximate surface area is 106 Å². The highest BCUT2D eigenvalue weighted by Crippen LogP contribution is 2.20. The summed E-state index contributed by atoms with van der Waals surface area (Å²) in [6.07, 6.45) is 0.547. The lowest BCUT2D eigenvalue weighted by Gasteiger charge is -2.08. The molecular formula is C12H16ClNO3. The maximum atomic E-state index is 11.3. The number of amides is 1. The van der Waals surface area contributed by atoms with Crippen LogP contribution in [0.2, 0.25) is 5.02 Å². The first kappa shape index (κ1) is 13.8. The van der Waals surface area contributed by atoms with Gasteiger partial charge in [-0.2, -0.15) is 0 Å². The van der Waals surface area contributed by atoms with Gasteiger partial charge in [-0.1, -0.05) is 11.6 Å². The van der Waals surface area contributed by atoms with Crippen LogP contribution in [0.15, 0.2) is 18.2 Å². The minimum absolute atomic E-state index is 0.0352. The molecule has 1 aromatic carbocycles. The van der Waals surface area contributed by atoms with Crippen LogP contribution < -0.4 is 10.1 Å². The first-order valence-electron chi connectivity index (χ1n) is 5.40. The fourth-order valence-corrected chi connectivity index (χ4v) is 1.33. The molecule has 0 heterocycles. The van der Waals surface area contributed by atoms with Gasteiger partial charge in [-0.15, -0.1) is 0 Å². The van der Waals surface area contributed by atoms with Crippen molar-refractivity contribution in [1.29, 1.82) is 0 Å². The number of nitrogens with one attached hydrogen (secondary N) is 1. The lowest BCUT2D eigenvalue weighted by molar-refractivity contribution is -0.123. The van der Waals surface area contributed by atoms with Crippen molar-refractivity contribution in [2.45, 2.75) is 13.3 Å². The molecule has 17 heavy (non-hydrogen) atoms. The van der Waals surface area contributed by atoms with Crippen LogP contribution in [0, 0.1) is 6.92 Å². The number of benzene rings is 1. The molecule has 0 saturated heterocycles. The highest BCUT2D eigenvalue weighted by atomic mass is 35.5. The van der Waals surface area contributed by atoms with Crippen LogP contribution in [0.5, 0.6) is 5.75 Å². The molecule has 0 fully saturated rings. The number of hydrogen-bond donors (Lipinski definition) is 2. The van der Waals surface area contributed by atoms with Gasteiger partial charge in [0.1, 0.15) is 5.75 Å². The monoisotopic (exact) mass is 257 g/mol. The summed E-state index contributed by atoms with van der Waals surface area (Å²) in [6, 6.07) is 5.23. The number of aryl methyl sites for hydroxylation is 1. The first-order chi connectivity index (χ1) is 8.13. The van der Waals surface area contributed by atoms with Crippen LogP contribution in [0.1, 0.15) is 12.0 Å². The fourth-order valence-electron chi connectivity index (χ4n) is 1.21. The van der Waals surface area contributed by atoms with Gasteiger partial charge in [0.05, 0.1) is 0 Å². The summed E-state index contributed by atoms with van der Waals surface area (Å²) in [5.74, 6) is 0.412. The maximum absolute atomic E-state index is 11.3. The van der Waals surface area contributed by atoms with Gasteiger partial charge >= 0.3 is 0 Å². The second-order valence-electron chi connectivity index (χ2n) is 3.63. The average Bonchev–Trinajstić information content (AvgIpc) is 2.31. The Morgan fingerprint density at radius 2 is 2.29 bits per heavy atom. The van der Waals surface area contributed by atoms with E-state index in [1.54, 1.807) is 18.2 Å². The van der Waals surface area contributed by atoms with Crippen LogP contribution >= 0.6 is 11.6 Å². The van der Waals surface area contributed by atoms with Crippen molar-refractivity contribution in [1.82, 2.24) is 5.32 Å². The number of aliphatic hydroxyl groups excluding tert-OH is 1. The molecule has 1 amide bonds. The third-order valence-electron chi connectivity index (χ3n) is 2.16. The highest BCUT2D eigenvalue weighted by Gasteiger charge is 2.03. The molecule has 5 heteroatoms. The number of carbonyl (C=O) groups excluding carboxylic acids is 1. The zero-order valence-corrected chi connectivity index (χ0v) is 10.5. The molecule has 0 aromatic heterocycles. The van der Waals surface area contributed by atoms with Crippen molar-refractivity contribution in [2.75, 3.05) is 19.8 Å². The Morgan fingerprint density at radius 1 is 1.53 bits per heavy atom. The van der Waals surface area contributed by atoms with Crippen LogP contribution in [0.3, 0.4) is 0 Å². The first-order valence-corrected chi connectivity index (χ1v) is 5.78. The van der Waals surface area contributed by atoms with E-state index in [4.69, 9.17) is 21.4 Å². The summed E-state index contributed by atoms with van der Waals surface area (Å²) in [5, 5.41) is 11.8. The number of aliphatic hydroxyl groups is 1. The van der Waals surface area contributed by atoms with Gasteiger partial charge in [0.2, 0.25) is 0 Å². The van der Waals surface area contributed by atoms with Crippen LogP contribution in [0.25, 0.3) is 0 Å². The Bertz CT molecular complexity index is 382. The summed E-state index contributed by atoms with van der Waals surface area (Å²) in [5.41, 5.74) is 0.907. The third kappa shape index (κ3) is 5.06. The molecule has 0 aliphatic carbocycles. The topological polar surface area (TPSA) is 58.6 Å². The number of halogens is 1. The van der Waals surface area contributed by atoms with E-state index < -0.39 is 0 Å². The van der Waals surface area contributed by atoms with Gasteiger partial charge in [-0.3, -0.25) is 4.79 Å². The molecule has 0 spiro atoms. The molecule has 2 N–H and O–H groups in total. The molecule has 1 rings (SSSR count). The third-order valence-corrected chi connectivity index (χ3v) is 2.58. The molecule has 4 nitrogen and oxygen atoms in total. The van der Waals surface area contributed by atoms with Gasteiger partial charge in [0, 0.05) is 18.2 Å². The highest BCUT2D eigenvalue weighted by molar-refractivity contribution is 6.31. The maximum Gasteiger partial charge on any atom is 0.257 e. The summed E-state index contributed by atoms with van der Waals surface area (Å²) in [6.45, 7) is 2.36. The molecule has 0 unspecified atom stereocenters. The summed E-state index contributed by atoms with van der Waals surface area (Å²) >= 11 is 5.87. The van der Waals surface area contributed by atoms with Gasteiger partial charge in [-0.25, -0.2) is 0 Å². The zero-order valence-electron chi connectivity index (χ0n) is 9.70. The van der Waals surface area contributed by atoms with E-state index in [0.717, 1.165) is 5.56 Å². The molecule has 1 aromatic rings. The van der Waals surface area contributed by atoms with E-state index in [-0.39, 0.29) is 19.1 Å². The van der Waals surface area contributed by atoms with Crippen molar-refractivity contribution in [3.63, 3.8) is 0 Å². The molecule has 0 aliphatic rings. The molecule has 0 saturated carbocycles. The normalized spacial score (nSPS) is 10.1. The largest absolute Gasteiger partial charge is 0.484 e. The minimum Gasteiger partial charge on any atom is -0.484 e. The number of hydrogen-bond acceptors (Lipinski definition) is 3. The summed E-state index contributed by atoms with van der Waals surface area (Å²) < 4.78 is 5.30. The Balaban J connectivity index is 2.34. The van der Waals surface area contributed by atoms with E-state index in [9.17, 15) is 4.79 Å². The van der Waals surface area contributed by atoms with Crippen LogP contribution in [0.4, 0.5) is 0 Å². The second-order valence-corrected chi connectivity index (χ2v) is 4.03. The summed E-state index contributed by atoms with van der Waals surface area (Å²) in [4.78, 5) is 11.3. The smallest absolute Gasteiger partial charge is 0.257 e. The quantitative estimate of drug-likeness (QED) is 0.760. The number of ether oxygens (including phenoxy) is 1. The van der Waals surface area contributed by atoms with E-state index >= 15 is 0 Å². The van der Waals surface area contributed by atoms with Crippen molar-refractivity contribution in [3.05, 3.63) is 28.8 Å². The van der Waals surface area contributed by atoms with Gasteiger partial charge in [0.25, 0.3) is 5.91 Å². The number of carbonyl (C=O) groups is 1. The van der Waals surface area contributed by atoms with Gasteiger partial charge in [0.15, 0.2) is 6.61 Å². The molecule has 94 valence electrons. The Morgan fingerprint density at radius 3 is 2.94 bits per heavy atom. The van der Waals surface area contributed by atoms with Crippen molar-refractivity contribution in [3.8, 4) is 5.75 Å². The molecular weight excluding hydrogens is 242 g/mol.